The number of aliphatic hydroxyl groups is 1. The van der Waals surface area contributed by atoms with Crippen molar-refractivity contribution in [2.45, 2.75) is 13.0 Å². The Morgan fingerprint density at radius 3 is 2.94 bits per heavy atom. The average molecular weight is 216 g/mol. The number of fused-ring (bicyclic) bond motifs is 1. The topological polar surface area (TPSA) is 45.1 Å². The first-order valence-electron chi connectivity index (χ1n) is 5.39. The third-order valence-electron chi connectivity index (χ3n) is 2.76. The number of aromatic nitrogens is 1. The largest absolute Gasteiger partial charge is 0.387 e. The normalized spacial score (nSPS) is 12.9. The van der Waals surface area contributed by atoms with Gasteiger partial charge in [0.25, 0.3) is 0 Å². The third-order valence-corrected chi connectivity index (χ3v) is 2.76. The molecule has 0 aliphatic heterocycles. The highest BCUT2D eigenvalue weighted by atomic mass is 16.3. The average Bonchev–Trinajstić information content (AvgIpc) is 2.29. The zero-order valence-corrected chi connectivity index (χ0v) is 9.57. The number of nitrogens with one attached hydrogen (secondary N) is 1. The SMILES string of the molecule is CNCC(O)c1ccc2c(C)cncc2c1. The van der Waals surface area contributed by atoms with Crippen molar-refractivity contribution in [3.8, 4) is 0 Å². The minimum atomic E-state index is -0.463. The van der Waals surface area contributed by atoms with Gasteiger partial charge < -0.3 is 10.4 Å². The summed E-state index contributed by atoms with van der Waals surface area (Å²) in [5.74, 6) is 0. The molecule has 3 nitrogen and oxygen atoms in total. The summed E-state index contributed by atoms with van der Waals surface area (Å²) in [4.78, 5) is 4.16. The van der Waals surface area contributed by atoms with Gasteiger partial charge in [-0.15, -0.1) is 0 Å². The summed E-state index contributed by atoms with van der Waals surface area (Å²) in [6.45, 7) is 2.60. The van der Waals surface area contributed by atoms with E-state index in [1.807, 2.05) is 44.6 Å². The predicted molar refractivity (Wildman–Crippen MR) is 65.4 cm³/mol. The van der Waals surface area contributed by atoms with Crippen LogP contribution in [0.5, 0.6) is 0 Å². The van der Waals surface area contributed by atoms with Crippen LogP contribution in [-0.4, -0.2) is 23.7 Å². The fourth-order valence-corrected chi connectivity index (χ4v) is 1.86. The molecule has 3 heteroatoms. The molecule has 0 aliphatic carbocycles. The molecule has 2 N–H and O–H groups in total. The molecule has 1 heterocycles. The zero-order chi connectivity index (χ0) is 11.5. The second-order valence-electron chi connectivity index (χ2n) is 4.01. The molecule has 0 aliphatic rings. The molecule has 0 saturated heterocycles. The Hall–Kier alpha value is -1.45. The molecule has 0 amide bonds. The molecule has 2 rings (SSSR count). The smallest absolute Gasteiger partial charge is 0.0914 e. The zero-order valence-electron chi connectivity index (χ0n) is 9.57. The molecule has 0 spiro atoms. The molecule has 0 radical (unpaired) electrons. The quantitative estimate of drug-likeness (QED) is 0.822. The van der Waals surface area contributed by atoms with Gasteiger partial charge in [-0.25, -0.2) is 0 Å². The molecular weight excluding hydrogens is 200 g/mol. The van der Waals surface area contributed by atoms with Gasteiger partial charge in [-0.05, 0) is 36.6 Å². The van der Waals surface area contributed by atoms with E-state index in [0.717, 1.165) is 16.5 Å². The van der Waals surface area contributed by atoms with E-state index in [1.54, 1.807) is 0 Å². The summed E-state index contributed by atoms with van der Waals surface area (Å²) >= 11 is 0. The molecule has 1 aromatic carbocycles. The van der Waals surface area contributed by atoms with Crippen LogP contribution in [0.15, 0.2) is 30.6 Å². The predicted octanol–water partition coefficient (Wildman–Crippen LogP) is 1.80. The number of rotatable bonds is 3. The van der Waals surface area contributed by atoms with Gasteiger partial charge in [0.15, 0.2) is 0 Å². The van der Waals surface area contributed by atoms with Crippen LogP contribution < -0.4 is 5.32 Å². The van der Waals surface area contributed by atoms with Crippen molar-refractivity contribution in [1.82, 2.24) is 10.3 Å². The van der Waals surface area contributed by atoms with Crippen molar-refractivity contribution in [2.75, 3.05) is 13.6 Å². The minimum Gasteiger partial charge on any atom is -0.387 e. The van der Waals surface area contributed by atoms with Gasteiger partial charge in [0.2, 0.25) is 0 Å². The van der Waals surface area contributed by atoms with Crippen molar-refractivity contribution in [3.05, 3.63) is 41.7 Å². The highest BCUT2D eigenvalue weighted by Crippen LogP contribution is 2.21. The first-order chi connectivity index (χ1) is 7.72. The molecule has 1 atom stereocenters. The van der Waals surface area contributed by atoms with E-state index in [4.69, 9.17) is 0 Å². The molecule has 0 fully saturated rings. The lowest BCUT2D eigenvalue weighted by molar-refractivity contribution is 0.178. The van der Waals surface area contributed by atoms with Gasteiger partial charge in [0.05, 0.1) is 6.10 Å². The number of aryl methyl sites for hydroxylation is 1. The Morgan fingerprint density at radius 1 is 1.38 bits per heavy atom. The molecule has 16 heavy (non-hydrogen) atoms. The third kappa shape index (κ3) is 2.05. The maximum absolute atomic E-state index is 9.87. The standard InChI is InChI=1S/C13H16N2O/c1-9-6-15-7-11-5-10(3-4-12(9)11)13(16)8-14-2/h3-7,13-14,16H,8H2,1-2H3. The number of aliphatic hydroxyl groups excluding tert-OH is 1. The van der Waals surface area contributed by atoms with E-state index >= 15 is 0 Å². The molecule has 1 unspecified atom stereocenters. The molecule has 0 saturated carbocycles. The first-order valence-corrected chi connectivity index (χ1v) is 5.39. The molecule has 1 aromatic heterocycles. The van der Waals surface area contributed by atoms with Gasteiger partial charge in [0, 0.05) is 24.3 Å². The molecule has 84 valence electrons. The van der Waals surface area contributed by atoms with Crippen LogP contribution >= 0.6 is 0 Å². The van der Waals surface area contributed by atoms with E-state index < -0.39 is 6.10 Å². The van der Waals surface area contributed by atoms with Crippen LogP contribution in [0.2, 0.25) is 0 Å². The second kappa shape index (κ2) is 4.60. The Morgan fingerprint density at radius 2 is 2.19 bits per heavy atom. The van der Waals surface area contributed by atoms with E-state index in [1.165, 1.54) is 5.39 Å². The van der Waals surface area contributed by atoms with Crippen molar-refractivity contribution >= 4 is 10.8 Å². The lowest BCUT2D eigenvalue weighted by Gasteiger charge is -2.11. The van der Waals surface area contributed by atoms with Gasteiger partial charge in [-0.1, -0.05) is 12.1 Å². The number of pyridine rings is 1. The summed E-state index contributed by atoms with van der Waals surface area (Å²) in [6.07, 6.45) is 3.22. The second-order valence-corrected chi connectivity index (χ2v) is 4.01. The van der Waals surface area contributed by atoms with Crippen molar-refractivity contribution < 1.29 is 5.11 Å². The van der Waals surface area contributed by atoms with Crippen LogP contribution in [0.1, 0.15) is 17.2 Å². The van der Waals surface area contributed by atoms with Crippen molar-refractivity contribution in [2.24, 2.45) is 0 Å². The van der Waals surface area contributed by atoms with Crippen LogP contribution in [0.3, 0.4) is 0 Å². The van der Waals surface area contributed by atoms with Crippen LogP contribution in [0.25, 0.3) is 10.8 Å². The van der Waals surface area contributed by atoms with E-state index in [0.29, 0.717) is 6.54 Å². The highest BCUT2D eigenvalue weighted by Gasteiger charge is 2.07. The summed E-state index contributed by atoms with van der Waals surface area (Å²) < 4.78 is 0. The van der Waals surface area contributed by atoms with Gasteiger partial charge in [0.1, 0.15) is 0 Å². The summed E-state index contributed by atoms with van der Waals surface area (Å²) in [5.41, 5.74) is 2.08. The Labute approximate surface area is 95.1 Å². The number of likely N-dealkylation sites (N-methyl/N-ethyl adjacent to an activating group) is 1. The van der Waals surface area contributed by atoms with Gasteiger partial charge >= 0.3 is 0 Å². The molecule has 0 bridgehead atoms. The number of benzene rings is 1. The van der Waals surface area contributed by atoms with Crippen molar-refractivity contribution in [3.63, 3.8) is 0 Å². The molecule has 2 aromatic rings. The lowest BCUT2D eigenvalue weighted by Crippen LogP contribution is -2.16. The van der Waals surface area contributed by atoms with Crippen molar-refractivity contribution in [1.29, 1.82) is 0 Å². The maximum Gasteiger partial charge on any atom is 0.0914 e. The van der Waals surface area contributed by atoms with E-state index in [2.05, 4.69) is 10.3 Å². The van der Waals surface area contributed by atoms with E-state index in [9.17, 15) is 5.11 Å². The summed E-state index contributed by atoms with van der Waals surface area (Å²) in [5, 5.41) is 15.1. The van der Waals surface area contributed by atoms with E-state index in [-0.39, 0.29) is 0 Å². The fraction of sp³-hybridized carbons (Fsp3) is 0.308. The summed E-state index contributed by atoms with van der Waals surface area (Å²) in [7, 11) is 1.83. The Kier molecular flexibility index (Phi) is 3.17. The Bertz CT molecular complexity index is 496. The monoisotopic (exact) mass is 216 g/mol. The number of hydrogen-bond acceptors (Lipinski definition) is 3. The van der Waals surface area contributed by atoms with Gasteiger partial charge in [-0.2, -0.15) is 0 Å². The van der Waals surface area contributed by atoms with Crippen LogP contribution in [0.4, 0.5) is 0 Å². The summed E-state index contributed by atoms with van der Waals surface area (Å²) in [6, 6.07) is 6.01. The fourth-order valence-electron chi connectivity index (χ4n) is 1.86. The maximum atomic E-state index is 9.87. The van der Waals surface area contributed by atoms with Crippen LogP contribution in [0, 0.1) is 6.92 Å². The number of hydrogen-bond donors (Lipinski definition) is 2. The molecular formula is C13H16N2O. The van der Waals surface area contributed by atoms with Crippen LogP contribution in [-0.2, 0) is 0 Å². The minimum absolute atomic E-state index is 0.463. The number of nitrogens with zero attached hydrogens (tertiary/aromatic N) is 1. The highest BCUT2D eigenvalue weighted by molar-refractivity contribution is 5.85. The Balaban J connectivity index is 2.44. The first kappa shape index (κ1) is 11.0. The lowest BCUT2D eigenvalue weighted by atomic mass is 10.0. The van der Waals surface area contributed by atoms with Gasteiger partial charge in [-0.3, -0.25) is 4.98 Å².